The first-order valence-electron chi connectivity index (χ1n) is 6.42. The van der Waals surface area contributed by atoms with Crippen LogP contribution in [0.3, 0.4) is 0 Å². The van der Waals surface area contributed by atoms with E-state index in [1.54, 1.807) is 0 Å². The third kappa shape index (κ3) is 4.30. The van der Waals surface area contributed by atoms with Crippen molar-refractivity contribution in [1.29, 1.82) is 0 Å². The van der Waals surface area contributed by atoms with Crippen LogP contribution in [0.25, 0.3) is 0 Å². The summed E-state index contributed by atoms with van der Waals surface area (Å²) in [6.07, 6.45) is 0. The monoisotopic (exact) mass is 244 g/mol. The molecule has 0 heterocycles. The van der Waals surface area contributed by atoms with E-state index in [1.807, 2.05) is 13.8 Å². The van der Waals surface area contributed by atoms with Gasteiger partial charge in [-0.25, -0.2) is 0 Å². The van der Waals surface area contributed by atoms with Gasteiger partial charge in [0.15, 0.2) is 0 Å². The summed E-state index contributed by atoms with van der Waals surface area (Å²) in [5, 5.41) is 0. The molecule has 102 valence electrons. The minimum atomic E-state index is -0.220. The lowest BCUT2D eigenvalue weighted by atomic mass is 9.62. The Bertz CT molecular complexity index is 238. The average molecular weight is 244 g/mol. The highest BCUT2D eigenvalue weighted by Crippen LogP contribution is 2.44. The summed E-state index contributed by atoms with van der Waals surface area (Å²) in [4.78, 5) is 12.0. The number of ether oxygens (including phenoxy) is 2. The number of carbonyl (C=O) groups excluding carboxylic acids is 1. The molecule has 0 aromatic rings. The third-order valence-electron chi connectivity index (χ3n) is 3.86. The topological polar surface area (TPSA) is 35.5 Å². The molecule has 0 aliphatic rings. The molecule has 0 fully saturated rings. The second kappa shape index (κ2) is 6.39. The third-order valence-corrected chi connectivity index (χ3v) is 3.86. The quantitative estimate of drug-likeness (QED) is 0.673. The summed E-state index contributed by atoms with van der Waals surface area (Å²) in [6.45, 7) is 15.9. The Kier molecular flexibility index (Phi) is 6.17. The lowest BCUT2D eigenvalue weighted by Crippen LogP contribution is -2.44. The van der Waals surface area contributed by atoms with Gasteiger partial charge in [0.1, 0.15) is 0 Å². The second-order valence-electron chi connectivity index (χ2n) is 5.94. The van der Waals surface area contributed by atoms with Gasteiger partial charge in [-0.05, 0) is 24.7 Å². The van der Waals surface area contributed by atoms with Crippen molar-refractivity contribution in [3.05, 3.63) is 0 Å². The van der Waals surface area contributed by atoms with Gasteiger partial charge in [0.2, 0.25) is 0 Å². The number of esters is 1. The summed E-state index contributed by atoms with van der Waals surface area (Å²) < 4.78 is 10.6. The van der Waals surface area contributed by atoms with Crippen LogP contribution in [0.1, 0.15) is 48.5 Å². The van der Waals surface area contributed by atoms with Crippen LogP contribution in [0.4, 0.5) is 0 Å². The van der Waals surface area contributed by atoms with Crippen molar-refractivity contribution in [3.8, 4) is 0 Å². The molecule has 3 nitrogen and oxygen atoms in total. The van der Waals surface area contributed by atoms with E-state index in [1.165, 1.54) is 0 Å². The smallest absolute Gasteiger partial charge is 0.311 e. The van der Waals surface area contributed by atoms with E-state index in [9.17, 15) is 4.79 Å². The SMILES string of the molecule is CCOCC(C(=O)OCC)C(C)(C)C(C)(C)C. The van der Waals surface area contributed by atoms with E-state index in [0.717, 1.165) is 0 Å². The van der Waals surface area contributed by atoms with Gasteiger partial charge in [0, 0.05) is 6.61 Å². The molecule has 0 saturated carbocycles. The lowest BCUT2D eigenvalue weighted by molar-refractivity contribution is -0.159. The molecule has 3 heteroatoms. The van der Waals surface area contributed by atoms with Gasteiger partial charge in [-0.15, -0.1) is 0 Å². The van der Waals surface area contributed by atoms with E-state index in [-0.39, 0.29) is 22.7 Å². The molecule has 1 unspecified atom stereocenters. The molecule has 0 amide bonds. The fraction of sp³-hybridized carbons (Fsp3) is 0.929. The summed E-state index contributed by atoms with van der Waals surface area (Å²) >= 11 is 0. The van der Waals surface area contributed by atoms with Crippen molar-refractivity contribution in [3.63, 3.8) is 0 Å². The number of hydrogen-bond acceptors (Lipinski definition) is 3. The molecule has 0 aliphatic carbocycles. The van der Waals surface area contributed by atoms with E-state index < -0.39 is 0 Å². The first-order valence-corrected chi connectivity index (χ1v) is 6.42. The molecule has 1 atom stereocenters. The van der Waals surface area contributed by atoms with Crippen LogP contribution in [0.2, 0.25) is 0 Å². The Balaban J connectivity index is 4.96. The molecule has 0 radical (unpaired) electrons. The zero-order chi connectivity index (χ0) is 13.7. The van der Waals surface area contributed by atoms with Crippen LogP contribution in [-0.4, -0.2) is 25.8 Å². The minimum absolute atomic E-state index is 0.0154. The predicted octanol–water partition coefficient (Wildman–Crippen LogP) is 3.27. The standard InChI is InChI=1S/C14H28O3/c1-8-16-10-11(12(15)17-9-2)14(6,7)13(3,4)5/h11H,8-10H2,1-7H3. The van der Waals surface area contributed by atoms with Gasteiger partial charge in [-0.1, -0.05) is 34.6 Å². The molecule has 0 aromatic heterocycles. The molecule has 17 heavy (non-hydrogen) atoms. The minimum Gasteiger partial charge on any atom is -0.466 e. The molecule has 0 saturated heterocycles. The molecule has 0 aromatic carbocycles. The molecule has 0 spiro atoms. The Morgan fingerprint density at radius 2 is 1.59 bits per heavy atom. The Labute approximate surface area is 106 Å². The van der Waals surface area contributed by atoms with Crippen LogP contribution in [-0.2, 0) is 14.3 Å². The molecule has 0 rings (SSSR count). The van der Waals surface area contributed by atoms with Gasteiger partial charge >= 0.3 is 5.97 Å². The maximum Gasteiger partial charge on any atom is 0.311 e. The highest BCUT2D eigenvalue weighted by Gasteiger charge is 2.44. The lowest BCUT2D eigenvalue weighted by Gasteiger charge is -2.43. The van der Waals surface area contributed by atoms with Crippen molar-refractivity contribution < 1.29 is 14.3 Å². The number of hydrogen-bond donors (Lipinski definition) is 0. The Morgan fingerprint density at radius 3 is 1.94 bits per heavy atom. The van der Waals surface area contributed by atoms with Gasteiger partial charge < -0.3 is 9.47 Å². The van der Waals surface area contributed by atoms with Crippen molar-refractivity contribution in [2.45, 2.75) is 48.5 Å². The summed E-state index contributed by atoms with van der Waals surface area (Å²) in [5.74, 6) is -0.372. The predicted molar refractivity (Wildman–Crippen MR) is 69.9 cm³/mol. The maximum atomic E-state index is 12.0. The number of carbonyl (C=O) groups is 1. The average Bonchev–Trinajstić information content (AvgIpc) is 2.16. The first-order chi connectivity index (χ1) is 7.68. The van der Waals surface area contributed by atoms with Crippen molar-refractivity contribution in [2.24, 2.45) is 16.7 Å². The molecule has 0 aliphatic heterocycles. The maximum absolute atomic E-state index is 12.0. The van der Waals surface area contributed by atoms with Gasteiger partial charge in [0.25, 0.3) is 0 Å². The highest BCUT2D eigenvalue weighted by molar-refractivity contribution is 5.73. The fourth-order valence-electron chi connectivity index (χ4n) is 1.57. The van der Waals surface area contributed by atoms with Crippen LogP contribution in [0.15, 0.2) is 0 Å². The van der Waals surface area contributed by atoms with Crippen LogP contribution >= 0.6 is 0 Å². The largest absolute Gasteiger partial charge is 0.466 e. The second-order valence-corrected chi connectivity index (χ2v) is 5.94. The summed E-state index contributed by atoms with van der Waals surface area (Å²) in [5.41, 5.74) is -0.157. The van der Waals surface area contributed by atoms with E-state index in [4.69, 9.17) is 9.47 Å². The van der Waals surface area contributed by atoms with Crippen molar-refractivity contribution in [1.82, 2.24) is 0 Å². The molecular formula is C14H28O3. The fourth-order valence-corrected chi connectivity index (χ4v) is 1.57. The molecule has 0 N–H and O–H groups in total. The molecule has 0 bridgehead atoms. The van der Waals surface area contributed by atoms with Crippen molar-refractivity contribution >= 4 is 5.97 Å². The summed E-state index contributed by atoms with van der Waals surface area (Å²) in [7, 11) is 0. The Morgan fingerprint density at radius 1 is 1.06 bits per heavy atom. The van der Waals surface area contributed by atoms with Gasteiger partial charge in [-0.3, -0.25) is 4.79 Å². The number of rotatable bonds is 6. The highest BCUT2D eigenvalue weighted by atomic mass is 16.5. The zero-order valence-electron chi connectivity index (χ0n) is 12.4. The zero-order valence-corrected chi connectivity index (χ0v) is 12.4. The van der Waals surface area contributed by atoms with E-state index in [2.05, 4.69) is 34.6 Å². The molecular weight excluding hydrogens is 216 g/mol. The normalized spacial score (nSPS) is 14.5. The first kappa shape index (κ1) is 16.4. The van der Waals surface area contributed by atoms with E-state index in [0.29, 0.717) is 19.8 Å². The van der Waals surface area contributed by atoms with Crippen molar-refractivity contribution in [2.75, 3.05) is 19.8 Å². The van der Waals surface area contributed by atoms with Crippen LogP contribution in [0.5, 0.6) is 0 Å². The van der Waals surface area contributed by atoms with Gasteiger partial charge in [0.05, 0.1) is 19.1 Å². The van der Waals surface area contributed by atoms with Gasteiger partial charge in [-0.2, -0.15) is 0 Å². The van der Waals surface area contributed by atoms with E-state index >= 15 is 0 Å². The van der Waals surface area contributed by atoms with Crippen LogP contribution in [0, 0.1) is 16.7 Å². The summed E-state index contributed by atoms with van der Waals surface area (Å²) in [6, 6.07) is 0. The van der Waals surface area contributed by atoms with Crippen LogP contribution < -0.4 is 0 Å². The Hall–Kier alpha value is -0.570.